The van der Waals surface area contributed by atoms with E-state index in [1.54, 1.807) is 12.1 Å². The average molecular weight is 240 g/mol. The zero-order chi connectivity index (χ0) is 13.0. The summed E-state index contributed by atoms with van der Waals surface area (Å²) in [4.78, 5) is 0. The first-order valence-corrected chi connectivity index (χ1v) is 5.69. The van der Waals surface area contributed by atoms with Crippen LogP contribution >= 0.6 is 0 Å². The van der Waals surface area contributed by atoms with Gasteiger partial charge in [0, 0.05) is 6.54 Å². The van der Waals surface area contributed by atoms with Crippen molar-refractivity contribution in [1.82, 2.24) is 0 Å². The van der Waals surface area contributed by atoms with E-state index in [1.165, 1.54) is 12.1 Å². The molecule has 0 bridgehead atoms. The van der Waals surface area contributed by atoms with E-state index in [0.29, 0.717) is 12.1 Å². The molecule has 2 nitrogen and oxygen atoms in total. The van der Waals surface area contributed by atoms with Crippen LogP contribution in [0.1, 0.15) is 16.7 Å². The molecule has 0 aliphatic heterocycles. The molecule has 0 spiro atoms. The molecule has 0 radical (unpaired) electrons. The summed E-state index contributed by atoms with van der Waals surface area (Å²) >= 11 is 0. The van der Waals surface area contributed by atoms with Gasteiger partial charge in [0.25, 0.3) is 0 Å². The normalized spacial score (nSPS) is 9.83. The van der Waals surface area contributed by atoms with E-state index in [2.05, 4.69) is 11.4 Å². The van der Waals surface area contributed by atoms with Crippen molar-refractivity contribution in [2.75, 3.05) is 5.32 Å². The largest absolute Gasteiger partial charge is 0.380 e. The molecule has 0 saturated heterocycles. The molecule has 0 saturated carbocycles. The lowest BCUT2D eigenvalue weighted by atomic mass is 10.1. The maximum Gasteiger partial charge on any atom is 0.123 e. The minimum absolute atomic E-state index is 0.244. The van der Waals surface area contributed by atoms with Gasteiger partial charge >= 0.3 is 0 Å². The first-order chi connectivity index (χ1) is 8.70. The Labute approximate surface area is 106 Å². The average Bonchev–Trinajstić information content (AvgIpc) is 2.38. The molecule has 2 aromatic carbocycles. The van der Waals surface area contributed by atoms with Gasteiger partial charge in [-0.1, -0.05) is 24.3 Å². The molecule has 0 aliphatic rings. The Morgan fingerprint density at radius 3 is 2.56 bits per heavy atom. The lowest BCUT2D eigenvalue weighted by Crippen LogP contribution is -2.02. The number of hydrogen-bond acceptors (Lipinski definition) is 2. The van der Waals surface area contributed by atoms with Crippen molar-refractivity contribution >= 4 is 5.69 Å². The van der Waals surface area contributed by atoms with Crippen LogP contribution in [0.2, 0.25) is 0 Å². The highest BCUT2D eigenvalue weighted by atomic mass is 19.1. The number of nitrogens with one attached hydrogen (secondary N) is 1. The van der Waals surface area contributed by atoms with Crippen molar-refractivity contribution in [3.63, 3.8) is 0 Å². The Kier molecular flexibility index (Phi) is 3.59. The van der Waals surface area contributed by atoms with Gasteiger partial charge in [-0.15, -0.1) is 0 Å². The molecule has 0 amide bonds. The number of rotatable bonds is 3. The number of aryl methyl sites for hydroxylation is 1. The number of nitrogens with zero attached hydrogens (tertiary/aromatic N) is 1. The highest BCUT2D eigenvalue weighted by molar-refractivity contribution is 5.60. The first kappa shape index (κ1) is 12.1. The van der Waals surface area contributed by atoms with Crippen LogP contribution in [0.4, 0.5) is 10.1 Å². The van der Waals surface area contributed by atoms with E-state index in [0.717, 1.165) is 16.8 Å². The number of nitriles is 1. The fourth-order valence-electron chi connectivity index (χ4n) is 1.76. The highest BCUT2D eigenvalue weighted by Gasteiger charge is 2.04. The van der Waals surface area contributed by atoms with Crippen molar-refractivity contribution in [3.05, 3.63) is 65.0 Å². The molecule has 18 heavy (non-hydrogen) atoms. The van der Waals surface area contributed by atoms with E-state index in [9.17, 15) is 4.39 Å². The maximum atomic E-state index is 12.8. The van der Waals surface area contributed by atoms with Crippen molar-refractivity contribution in [2.24, 2.45) is 0 Å². The van der Waals surface area contributed by atoms with E-state index < -0.39 is 0 Å². The molecule has 0 heterocycles. The third-order valence-electron chi connectivity index (χ3n) is 2.78. The minimum Gasteiger partial charge on any atom is -0.380 e. The van der Waals surface area contributed by atoms with Crippen molar-refractivity contribution < 1.29 is 4.39 Å². The van der Waals surface area contributed by atoms with Gasteiger partial charge in [-0.3, -0.25) is 0 Å². The van der Waals surface area contributed by atoms with Crippen molar-refractivity contribution in [1.29, 1.82) is 5.26 Å². The Balaban J connectivity index is 2.14. The van der Waals surface area contributed by atoms with Gasteiger partial charge in [-0.2, -0.15) is 5.26 Å². The van der Waals surface area contributed by atoms with Crippen LogP contribution in [0.5, 0.6) is 0 Å². The van der Waals surface area contributed by atoms with E-state index in [-0.39, 0.29) is 5.82 Å². The van der Waals surface area contributed by atoms with Crippen molar-refractivity contribution in [3.8, 4) is 6.07 Å². The lowest BCUT2D eigenvalue weighted by Gasteiger charge is -2.09. The summed E-state index contributed by atoms with van der Waals surface area (Å²) in [7, 11) is 0. The summed E-state index contributed by atoms with van der Waals surface area (Å²) in [6.45, 7) is 2.47. The van der Waals surface area contributed by atoms with E-state index >= 15 is 0 Å². The third kappa shape index (κ3) is 2.67. The van der Waals surface area contributed by atoms with Gasteiger partial charge in [0.2, 0.25) is 0 Å². The van der Waals surface area contributed by atoms with Crippen LogP contribution in [0.25, 0.3) is 0 Å². The van der Waals surface area contributed by atoms with Crippen LogP contribution < -0.4 is 5.32 Å². The van der Waals surface area contributed by atoms with Gasteiger partial charge in [0.05, 0.1) is 11.3 Å². The van der Waals surface area contributed by atoms with Gasteiger partial charge < -0.3 is 5.32 Å². The Morgan fingerprint density at radius 1 is 1.17 bits per heavy atom. The number of anilines is 1. The summed E-state index contributed by atoms with van der Waals surface area (Å²) in [5.74, 6) is -0.244. The Morgan fingerprint density at radius 2 is 1.89 bits per heavy atom. The molecule has 0 aliphatic carbocycles. The van der Waals surface area contributed by atoms with Gasteiger partial charge in [-0.25, -0.2) is 4.39 Å². The Hall–Kier alpha value is -2.34. The minimum atomic E-state index is -0.244. The van der Waals surface area contributed by atoms with Gasteiger partial charge in [-0.05, 0) is 36.2 Å². The summed E-state index contributed by atoms with van der Waals surface area (Å²) in [6.07, 6.45) is 0. The standard InChI is InChI=1S/C15H13FN2/c1-11-3-2-4-15(14(11)9-17)18-10-12-5-7-13(16)8-6-12/h2-8,18H,10H2,1H3. The van der Waals surface area contributed by atoms with Crippen LogP contribution in [0.3, 0.4) is 0 Å². The second-order valence-corrected chi connectivity index (χ2v) is 4.09. The second-order valence-electron chi connectivity index (χ2n) is 4.09. The fourth-order valence-corrected chi connectivity index (χ4v) is 1.76. The van der Waals surface area contributed by atoms with Crippen molar-refractivity contribution in [2.45, 2.75) is 13.5 Å². The molecular weight excluding hydrogens is 227 g/mol. The monoisotopic (exact) mass is 240 g/mol. The molecular formula is C15H13FN2. The molecule has 3 heteroatoms. The van der Waals surface area contributed by atoms with Crippen LogP contribution in [0, 0.1) is 24.1 Å². The first-order valence-electron chi connectivity index (χ1n) is 5.69. The SMILES string of the molecule is Cc1cccc(NCc2ccc(F)cc2)c1C#N. The lowest BCUT2D eigenvalue weighted by molar-refractivity contribution is 0.627. The molecule has 0 aromatic heterocycles. The number of hydrogen-bond donors (Lipinski definition) is 1. The second kappa shape index (κ2) is 5.33. The maximum absolute atomic E-state index is 12.8. The Bertz CT molecular complexity index is 582. The number of benzene rings is 2. The molecule has 2 rings (SSSR count). The smallest absolute Gasteiger partial charge is 0.123 e. The van der Waals surface area contributed by atoms with Gasteiger partial charge in [0.15, 0.2) is 0 Å². The predicted octanol–water partition coefficient (Wildman–Crippen LogP) is 3.62. The summed E-state index contributed by atoms with van der Waals surface area (Å²) in [5.41, 5.74) is 3.38. The molecule has 0 unspecified atom stereocenters. The molecule has 90 valence electrons. The third-order valence-corrected chi connectivity index (χ3v) is 2.78. The zero-order valence-electron chi connectivity index (χ0n) is 10.1. The van der Waals surface area contributed by atoms with E-state index in [1.807, 2.05) is 25.1 Å². The predicted molar refractivity (Wildman–Crippen MR) is 69.6 cm³/mol. The molecule has 0 atom stereocenters. The quantitative estimate of drug-likeness (QED) is 0.889. The van der Waals surface area contributed by atoms with Crippen LogP contribution in [-0.4, -0.2) is 0 Å². The molecule has 1 N–H and O–H groups in total. The molecule has 0 fully saturated rings. The fraction of sp³-hybridized carbons (Fsp3) is 0.133. The topological polar surface area (TPSA) is 35.8 Å². The molecule has 2 aromatic rings. The number of halogens is 1. The van der Waals surface area contributed by atoms with Crippen LogP contribution in [-0.2, 0) is 6.54 Å². The van der Waals surface area contributed by atoms with E-state index in [4.69, 9.17) is 5.26 Å². The highest BCUT2D eigenvalue weighted by Crippen LogP contribution is 2.19. The summed E-state index contributed by atoms with van der Waals surface area (Å²) in [6, 6.07) is 14.2. The van der Waals surface area contributed by atoms with Gasteiger partial charge in [0.1, 0.15) is 11.9 Å². The zero-order valence-corrected chi connectivity index (χ0v) is 10.1. The summed E-state index contributed by atoms with van der Waals surface area (Å²) < 4.78 is 12.8. The summed E-state index contributed by atoms with van der Waals surface area (Å²) in [5, 5.41) is 12.3. The van der Waals surface area contributed by atoms with Crippen LogP contribution in [0.15, 0.2) is 42.5 Å².